The summed E-state index contributed by atoms with van der Waals surface area (Å²) in [6.07, 6.45) is 3.50. The summed E-state index contributed by atoms with van der Waals surface area (Å²) in [6.45, 7) is 4.42. The van der Waals surface area contributed by atoms with Gasteiger partial charge in [-0.3, -0.25) is 0 Å². The van der Waals surface area contributed by atoms with Gasteiger partial charge in [-0.2, -0.15) is 0 Å². The van der Waals surface area contributed by atoms with Crippen LogP contribution >= 0.6 is 0 Å². The molecule has 0 aromatic carbocycles. The van der Waals surface area contributed by atoms with E-state index >= 15 is 0 Å². The van der Waals surface area contributed by atoms with Crippen molar-refractivity contribution in [2.45, 2.75) is 32.5 Å². The average Bonchev–Trinajstić information content (AvgIpc) is 2.52. The van der Waals surface area contributed by atoms with Crippen molar-refractivity contribution in [2.75, 3.05) is 6.61 Å². The molecule has 1 aromatic heterocycles. The van der Waals surface area contributed by atoms with Crippen LogP contribution in [0.2, 0.25) is 0 Å². The van der Waals surface area contributed by atoms with Crippen LogP contribution in [0.15, 0.2) is 12.4 Å². The lowest BCUT2D eigenvalue weighted by atomic mass is 10.1. The molecule has 4 nitrogen and oxygen atoms in total. The van der Waals surface area contributed by atoms with E-state index in [4.69, 9.17) is 4.74 Å². The van der Waals surface area contributed by atoms with E-state index in [9.17, 15) is 5.11 Å². The second kappa shape index (κ2) is 5.12. The third-order valence-corrected chi connectivity index (χ3v) is 2.28. The fraction of sp³-hybridized carbons (Fsp3) is 0.700. The average molecular weight is 198 g/mol. The van der Waals surface area contributed by atoms with E-state index in [1.807, 2.05) is 31.7 Å². The van der Waals surface area contributed by atoms with E-state index in [1.54, 1.807) is 6.20 Å². The highest BCUT2D eigenvalue weighted by Gasteiger charge is 2.16. The summed E-state index contributed by atoms with van der Waals surface area (Å²) < 4.78 is 7.21. The summed E-state index contributed by atoms with van der Waals surface area (Å²) in [5.74, 6) is 0.879. The van der Waals surface area contributed by atoms with E-state index in [2.05, 4.69) is 4.98 Å². The second-order valence-electron chi connectivity index (χ2n) is 3.39. The molecule has 0 aliphatic heterocycles. The zero-order valence-electron chi connectivity index (χ0n) is 8.97. The Bertz CT molecular complexity index is 273. The normalized spacial score (nSPS) is 15.4. The fourth-order valence-corrected chi connectivity index (χ4v) is 1.32. The van der Waals surface area contributed by atoms with Crippen molar-refractivity contribution >= 4 is 0 Å². The summed E-state index contributed by atoms with van der Waals surface area (Å²) in [7, 11) is 1.92. The SMILES string of the molecule is CCOC(C)C(O)Cc1nccn1C. The third-order valence-electron chi connectivity index (χ3n) is 2.28. The second-order valence-corrected chi connectivity index (χ2v) is 3.39. The van der Waals surface area contributed by atoms with Gasteiger partial charge < -0.3 is 14.4 Å². The molecule has 1 aromatic rings. The maximum atomic E-state index is 9.77. The van der Waals surface area contributed by atoms with Crippen LogP contribution in [-0.2, 0) is 18.2 Å². The summed E-state index contributed by atoms with van der Waals surface area (Å²) in [4.78, 5) is 4.15. The van der Waals surface area contributed by atoms with Crippen molar-refractivity contribution in [3.05, 3.63) is 18.2 Å². The molecule has 0 bridgehead atoms. The molecule has 1 heterocycles. The Morgan fingerprint density at radius 1 is 1.64 bits per heavy atom. The van der Waals surface area contributed by atoms with Gasteiger partial charge in [0.15, 0.2) is 0 Å². The number of imidazole rings is 1. The minimum absolute atomic E-state index is 0.142. The largest absolute Gasteiger partial charge is 0.390 e. The third kappa shape index (κ3) is 2.82. The number of hydrogen-bond donors (Lipinski definition) is 1. The molecule has 0 radical (unpaired) electrons. The van der Waals surface area contributed by atoms with Crippen LogP contribution in [0, 0.1) is 0 Å². The van der Waals surface area contributed by atoms with Gasteiger partial charge in [-0.15, -0.1) is 0 Å². The van der Waals surface area contributed by atoms with Gasteiger partial charge in [0.05, 0.1) is 12.2 Å². The zero-order chi connectivity index (χ0) is 10.6. The zero-order valence-corrected chi connectivity index (χ0v) is 8.97. The van der Waals surface area contributed by atoms with Gasteiger partial charge in [0.1, 0.15) is 5.82 Å². The van der Waals surface area contributed by atoms with Crippen LogP contribution in [0.5, 0.6) is 0 Å². The molecule has 0 saturated heterocycles. The maximum Gasteiger partial charge on any atom is 0.111 e. The van der Waals surface area contributed by atoms with Gasteiger partial charge in [0.2, 0.25) is 0 Å². The molecule has 1 rings (SSSR count). The summed E-state index contributed by atoms with van der Waals surface area (Å²) in [6, 6.07) is 0. The van der Waals surface area contributed by atoms with Crippen LogP contribution in [0.4, 0.5) is 0 Å². The molecule has 0 saturated carbocycles. The van der Waals surface area contributed by atoms with Gasteiger partial charge >= 0.3 is 0 Å². The van der Waals surface area contributed by atoms with Gasteiger partial charge in [-0.05, 0) is 13.8 Å². The number of aromatic nitrogens is 2. The highest BCUT2D eigenvalue weighted by Crippen LogP contribution is 2.06. The summed E-state index contributed by atoms with van der Waals surface area (Å²) in [5.41, 5.74) is 0. The Kier molecular flexibility index (Phi) is 4.10. The molecule has 0 aliphatic rings. The van der Waals surface area contributed by atoms with E-state index in [1.165, 1.54) is 0 Å². The molecule has 14 heavy (non-hydrogen) atoms. The minimum atomic E-state index is -0.490. The summed E-state index contributed by atoms with van der Waals surface area (Å²) >= 11 is 0. The Balaban J connectivity index is 2.48. The lowest BCUT2D eigenvalue weighted by Gasteiger charge is -2.18. The number of nitrogens with zero attached hydrogens (tertiary/aromatic N) is 2. The highest BCUT2D eigenvalue weighted by molar-refractivity contribution is 4.93. The molecule has 0 amide bonds. The number of aliphatic hydroxyl groups excluding tert-OH is 1. The quantitative estimate of drug-likeness (QED) is 0.759. The summed E-state index contributed by atoms with van der Waals surface area (Å²) in [5, 5.41) is 9.77. The van der Waals surface area contributed by atoms with Crippen LogP contribution in [0.3, 0.4) is 0 Å². The first-order valence-electron chi connectivity index (χ1n) is 4.91. The predicted molar refractivity (Wildman–Crippen MR) is 54.0 cm³/mol. The molecule has 4 heteroatoms. The monoisotopic (exact) mass is 198 g/mol. The standard InChI is InChI=1S/C10H18N2O2/c1-4-14-8(2)9(13)7-10-11-5-6-12(10)3/h5-6,8-9,13H,4,7H2,1-3H3. The molecule has 0 fully saturated rings. The highest BCUT2D eigenvalue weighted by atomic mass is 16.5. The molecule has 0 spiro atoms. The van der Waals surface area contributed by atoms with Gasteiger partial charge in [-0.25, -0.2) is 4.98 Å². The van der Waals surface area contributed by atoms with Crippen molar-refractivity contribution in [1.29, 1.82) is 0 Å². The van der Waals surface area contributed by atoms with E-state index in [0.29, 0.717) is 13.0 Å². The van der Waals surface area contributed by atoms with Crippen LogP contribution < -0.4 is 0 Å². The van der Waals surface area contributed by atoms with Gasteiger partial charge in [-0.1, -0.05) is 0 Å². The molecule has 2 atom stereocenters. The Morgan fingerprint density at radius 2 is 2.36 bits per heavy atom. The van der Waals surface area contributed by atoms with Crippen molar-refractivity contribution < 1.29 is 9.84 Å². The minimum Gasteiger partial charge on any atom is -0.390 e. The van der Waals surface area contributed by atoms with Crippen molar-refractivity contribution in [3.8, 4) is 0 Å². The predicted octanol–water partition coefficient (Wildman–Crippen LogP) is 0.748. The van der Waals surface area contributed by atoms with Crippen molar-refractivity contribution in [1.82, 2.24) is 9.55 Å². The lowest BCUT2D eigenvalue weighted by Crippen LogP contribution is -2.29. The first-order chi connectivity index (χ1) is 6.65. The van der Waals surface area contributed by atoms with Crippen LogP contribution in [0.1, 0.15) is 19.7 Å². The Hall–Kier alpha value is -0.870. The number of hydrogen-bond acceptors (Lipinski definition) is 3. The Morgan fingerprint density at radius 3 is 2.86 bits per heavy atom. The first kappa shape index (κ1) is 11.2. The number of ether oxygens (including phenoxy) is 1. The molecule has 80 valence electrons. The van der Waals surface area contributed by atoms with Crippen molar-refractivity contribution in [3.63, 3.8) is 0 Å². The topological polar surface area (TPSA) is 47.3 Å². The molecule has 0 aliphatic carbocycles. The van der Waals surface area contributed by atoms with E-state index in [0.717, 1.165) is 5.82 Å². The van der Waals surface area contributed by atoms with E-state index in [-0.39, 0.29) is 6.10 Å². The molecule has 2 unspecified atom stereocenters. The molecular formula is C10H18N2O2. The maximum absolute atomic E-state index is 9.77. The van der Waals surface area contributed by atoms with Crippen molar-refractivity contribution in [2.24, 2.45) is 7.05 Å². The van der Waals surface area contributed by atoms with Crippen LogP contribution in [0.25, 0.3) is 0 Å². The molecule has 1 N–H and O–H groups in total. The lowest BCUT2D eigenvalue weighted by molar-refractivity contribution is -0.0218. The Labute approximate surface area is 84.5 Å². The van der Waals surface area contributed by atoms with E-state index < -0.39 is 6.10 Å². The smallest absolute Gasteiger partial charge is 0.111 e. The van der Waals surface area contributed by atoms with Gasteiger partial charge in [0.25, 0.3) is 0 Å². The number of aryl methyl sites for hydroxylation is 1. The number of aliphatic hydroxyl groups is 1. The molecular weight excluding hydrogens is 180 g/mol. The van der Waals surface area contributed by atoms with Gasteiger partial charge in [0, 0.05) is 32.5 Å². The van der Waals surface area contributed by atoms with Crippen LogP contribution in [-0.4, -0.2) is 33.5 Å². The number of rotatable bonds is 5. The fourth-order valence-electron chi connectivity index (χ4n) is 1.32. The first-order valence-corrected chi connectivity index (χ1v) is 4.91.